The second-order valence-corrected chi connectivity index (χ2v) is 7.00. The SMILES string of the molecule is CCOc1cccc(CNC(=NC)NCc2ccc(F)c(CN(C)C)c2)c1OC(F)F. The van der Waals surface area contributed by atoms with E-state index in [1.165, 1.54) is 6.07 Å². The Morgan fingerprint density at radius 3 is 2.48 bits per heavy atom. The molecule has 0 spiro atoms. The van der Waals surface area contributed by atoms with Crippen molar-refractivity contribution in [1.82, 2.24) is 15.5 Å². The number of rotatable bonds is 10. The van der Waals surface area contributed by atoms with Gasteiger partial charge in [-0.25, -0.2) is 4.39 Å². The molecule has 2 aromatic rings. The second-order valence-electron chi connectivity index (χ2n) is 7.00. The molecular weight excluding hydrogens is 409 g/mol. The van der Waals surface area contributed by atoms with Gasteiger partial charge in [0, 0.05) is 37.8 Å². The van der Waals surface area contributed by atoms with Gasteiger partial charge in [0.05, 0.1) is 6.61 Å². The quantitative estimate of drug-likeness (QED) is 0.437. The normalized spacial score (nSPS) is 11.7. The summed E-state index contributed by atoms with van der Waals surface area (Å²) in [5.74, 6) is 0.461. The molecule has 0 atom stereocenters. The maximum absolute atomic E-state index is 14.0. The fourth-order valence-electron chi connectivity index (χ4n) is 2.98. The molecule has 2 rings (SSSR count). The lowest BCUT2D eigenvalue weighted by Crippen LogP contribution is -2.36. The van der Waals surface area contributed by atoms with E-state index in [0.29, 0.717) is 36.8 Å². The average Bonchev–Trinajstić information content (AvgIpc) is 2.71. The fourth-order valence-corrected chi connectivity index (χ4v) is 2.98. The number of nitrogens with zero attached hydrogens (tertiary/aromatic N) is 2. The maximum atomic E-state index is 14.0. The maximum Gasteiger partial charge on any atom is 0.387 e. The third kappa shape index (κ3) is 7.67. The number of aliphatic imine (C=N–C) groups is 1. The van der Waals surface area contributed by atoms with Crippen molar-refractivity contribution in [2.24, 2.45) is 4.99 Å². The molecule has 0 saturated carbocycles. The molecule has 0 heterocycles. The second kappa shape index (κ2) is 12.0. The van der Waals surface area contributed by atoms with Crippen LogP contribution in [0.5, 0.6) is 11.5 Å². The lowest BCUT2D eigenvalue weighted by Gasteiger charge is -2.17. The molecule has 2 aromatic carbocycles. The van der Waals surface area contributed by atoms with Crippen molar-refractivity contribution in [3.63, 3.8) is 0 Å². The molecule has 0 amide bonds. The van der Waals surface area contributed by atoms with Crippen molar-refractivity contribution in [3.8, 4) is 11.5 Å². The van der Waals surface area contributed by atoms with Crippen LogP contribution in [0.2, 0.25) is 0 Å². The van der Waals surface area contributed by atoms with E-state index in [2.05, 4.69) is 20.4 Å². The summed E-state index contributed by atoms with van der Waals surface area (Å²) in [7, 11) is 5.36. The Kier molecular flexibility index (Phi) is 9.45. The minimum atomic E-state index is -2.97. The number of hydrogen-bond acceptors (Lipinski definition) is 4. The highest BCUT2D eigenvalue weighted by molar-refractivity contribution is 5.79. The summed E-state index contributed by atoms with van der Waals surface area (Å²) in [5.41, 5.74) is 2.00. The molecular formula is C22H29F3N4O2. The smallest absolute Gasteiger partial charge is 0.387 e. The first kappa shape index (κ1) is 24.3. The van der Waals surface area contributed by atoms with Crippen molar-refractivity contribution in [1.29, 1.82) is 0 Å². The number of benzene rings is 2. The van der Waals surface area contributed by atoms with Gasteiger partial charge in [0.15, 0.2) is 17.5 Å². The molecule has 0 unspecified atom stereocenters. The summed E-state index contributed by atoms with van der Waals surface area (Å²) in [6.07, 6.45) is 0. The molecule has 0 bridgehead atoms. The molecule has 170 valence electrons. The summed E-state index contributed by atoms with van der Waals surface area (Å²) in [6, 6.07) is 9.91. The summed E-state index contributed by atoms with van der Waals surface area (Å²) < 4.78 is 49.8. The van der Waals surface area contributed by atoms with Gasteiger partial charge >= 0.3 is 6.61 Å². The van der Waals surface area contributed by atoms with Gasteiger partial charge in [0.25, 0.3) is 0 Å². The largest absolute Gasteiger partial charge is 0.490 e. The van der Waals surface area contributed by atoms with Gasteiger partial charge in [0.2, 0.25) is 0 Å². The molecule has 0 aliphatic heterocycles. The Hall–Kier alpha value is -2.94. The van der Waals surface area contributed by atoms with Crippen molar-refractivity contribution < 1.29 is 22.6 Å². The van der Waals surface area contributed by atoms with E-state index in [4.69, 9.17) is 4.74 Å². The number of para-hydroxylation sites is 1. The molecule has 0 fully saturated rings. The number of alkyl halides is 2. The fraction of sp³-hybridized carbons (Fsp3) is 0.409. The molecule has 0 saturated heterocycles. The van der Waals surface area contributed by atoms with Crippen LogP contribution in [0.25, 0.3) is 0 Å². The van der Waals surface area contributed by atoms with Crippen LogP contribution in [-0.2, 0) is 19.6 Å². The van der Waals surface area contributed by atoms with Gasteiger partial charge in [-0.1, -0.05) is 18.2 Å². The highest BCUT2D eigenvalue weighted by Gasteiger charge is 2.16. The predicted octanol–water partition coefficient (Wildman–Crippen LogP) is 3.75. The standard InChI is InChI=1S/C22H29F3N4O2/c1-5-30-19-8-6-7-16(20(19)31-21(24)25)13-28-22(26-2)27-12-15-9-10-18(23)17(11-15)14-29(3)4/h6-11,21H,5,12-14H2,1-4H3,(H2,26,27,28). The number of halogens is 3. The van der Waals surface area contributed by atoms with Gasteiger partial charge in [-0.2, -0.15) is 8.78 Å². The number of nitrogens with one attached hydrogen (secondary N) is 2. The monoisotopic (exact) mass is 438 g/mol. The van der Waals surface area contributed by atoms with Crippen LogP contribution in [0.4, 0.5) is 13.2 Å². The number of guanidine groups is 1. The zero-order valence-corrected chi connectivity index (χ0v) is 18.2. The lowest BCUT2D eigenvalue weighted by molar-refractivity contribution is -0.0520. The van der Waals surface area contributed by atoms with Crippen LogP contribution in [0.1, 0.15) is 23.6 Å². The van der Waals surface area contributed by atoms with Crippen LogP contribution in [0.3, 0.4) is 0 Å². The van der Waals surface area contributed by atoms with E-state index in [1.54, 1.807) is 44.3 Å². The highest BCUT2D eigenvalue weighted by Crippen LogP contribution is 2.32. The molecule has 0 aromatic heterocycles. The summed E-state index contributed by atoms with van der Waals surface area (Å²) in [5, 5.41) is 6.21. The molecule has 0 aliphatic carbocycles. The third-order valence-corrected chi connectivity index (χ3v) is 4.29. The van der Waals surface area contributed by atoms with Crippen molar-refractivity contribution in [2.45, 2.75) is 33.2 Å². The average molecular weight is 438 g/mol. The first-order chi connectivity index (χ1) is 14.8. The van der Waals surface area contributed by atoms with Crippen LogP contribution >= 0.6 is 0 Å². The van der Waals surface area contributed by atoms with E-state index >= 15 is 0 Å². The highest BCUT2D eigenvalue weighted by atomic mass is 19.3. The van der Waals surface area contributed by atoms with Gasteiger partial charge < -0.3 is 25.0 Å². The van der Waals surface area contributed by atoms with Gasteiger partial charge in [0.1, 0.15) is 5.82 Å². The zero-order valence-electron chi connectivity index (χ0n) is 18.2. The van der Waals surface area contributed by atoms with Crippen molar-refractivity contribution >= 4 is 5.96 Å². The van der Waals surface area contributed by atoms with Crippen molar-refractivity contribution in [2.75, 3.05) is 27.7 Å². The lowest BCUT2D eigenvalue weighted by atomic mass is 10.1. The van der Waals surface area contributed by atoms with Crippen LogP contribution in [-0.4, -0.2) is 45.2 Å². The Morgan fingerprint density at radius 2 is 1.84 bits per heavy atom. The topological polar surface area (TPSA) is 58.1 Å². The van der Waals surface area contributed by atoms with E-state index in [0.717, 1.165) is 5.56 Å². The molecule has 31 heavy (non-hydrogen) atoms. The van der Waals surface area contributed by atoms with Crippen molar-refractivity contribution in [3.05, 3.63) is 58.9 Å². The summed E-state index contributed by atoms with van der Waals surface area (Å²) in [6.45, 7) is 0.232. The van der Waals surface area contributed by atoms with Crippen LogP contribution in [0.15, 0.2) is 41.4 Å². The Balaban J connectivity index is 2.04. The molecule has 9 heteroatoms. The van der Waals surface area contributed by atoms with E-state index in [-0.39, 0.29) is 23.9 Å². The third-order valence-electron chi connectivity index (χ3n) is 4.29. The number of ether oxygens (including phenoxy) is 2. The van der Waals surface area contributed by atoms with Gasteiger partial charge in [-0.05, 0) is 44.8 Å². The summed E-state index contributed by atoms with van der Waals surface area (Å²) >= 11 is 0. The van der Waals surface area contributed by atoms with Gasteiger partial charge in [-0.3, -0.25) is 4.99 Å². The molecule has 0 aliphatic rings. The Labute approximate surface area is 181 Å². The summed E-state index contributed by atoms with van der Waals surface area (Å²) in [4.78, 5) is 6.04. The Bertz CT molecular complexity index is 876. The minimum Gasteiger partial charge on any atom is -0.490 e. The van der Waals surface area contributed by atoms with E-state index in [1.807, 2.05) is 19.0 Å². The zero-order chi connectivity index (χ0) is 22.8. The van der Waals surface area contributed by atoms with E-state index in [9.17, 15) is 13.2 Å². The van der Waals surface area contributed by atoms with Gasteiger partial charge in [-0.15, -0.1) is 0 Å². The molecule has 2 N–H and O–H groups in total. The first-order valence-corrected chi connectivity index (χ1v) is 9.90. The minimum absolute atomic E-state index is 0.00540. The number of hydrogen-bond donors (Lipinski definition) is 2. The molecule has 0 radical (unpaired) electrons. The first-order valence-electron chi connectivity index (χ1n) is 9.90. The van der Waals surface area contributed by atoms with E-state index < -0.39 is 6.61 Å². The van der Waals surface area contributed by atoms with Crippen LogP contribution in [0, 0.1) is 5.82 Å². The Morgan fingerprint density at radius 1 is 1.10 bits per heavy atom. The van der Waals surface area contributed by atoms with Crippen LogP contribution < -0.4 is 20.1 Å². The predicted molar refractivity (Wildman–Crippen MR) is 115 cm³/mol. The molecule has 6 nitrogen and oxygen atoms in total.